The average Bonchev–Trinajstić information content (AvgIpc) is 2.73. The number of benzene rings is 3. The van der Waals surface area contributed by atoms with Crippen molar-refractivity contribution in [3.05, 3.63) is 95.1 Å². The number of aromatic carboxylic acids is 1. The summed E-state index contributed by atoms with van der Waals surface area (Å²) in [6, 6.07) is 21.6. The number of sulfonamides is 1. The lowest BCUT2D eigenvalue weighted by Gasteiger charge is -2.13. The van der Waals surface area contributed by atoms with E-state index in [0.29, 0.717) is 18.5 Å². The van der Waals surface area contributed by atoms with Gasteiger partial charge in [-0.3, -0.25) is 4.72 Å². The van der Waals surface area contributed by atoms with Crippen LogP contribution in [0.15, 0.2) is 77.7 Å². The Kier molecular flexibility index (Phi) is 5.96. The maximum Gasteiger partial charge on any atom is 0.335 e. The first-order chi connectivity index (χ1) is 13.9. The van der Waals surface area contributed by atoms with Crippen LogP contribution in [0.5, 0.6) is 0 Å². The molecule has 3 rings (SSSR count). The lowest BCUT2D eigenvalue weighted by atomic mass is 10.0. The fraction of sp³-hybridized carbons (Fsp3) is 0.0909. The van der Waals surface area contributed by atoms with E-state index < -0.39 is 16.0 Å². The van der Waals surface area contributed by atoms with E-state index in [2.05, 4.69) is 4.72 Å². The molecule has 7 heteroatoms. The zero-order valence-corrected chi connectivity index (χ0v) is 16.2. The highest BCUT2D eigenvalue weighted by Gasteiger charge is 2.19. The minimum atomic E-state index is -3.91. The van der Waals surface area contributed by atoms with Crippen molar-refractivity contribution in [3.63, 3.8) is 0 Å². The van der Waals surface area contributed by atoms with Gasteiger partial charge in [0.05, 0.1) is 16.8 Å². The predicted octanol–water partition coefficient (Wildman–Crippen LogP) is 3.84. The monoisotopic (exact) mass is 406 g/mol. The number of nitrogens with one attached hydrogen (secondary N) is 1. The van der Waals surface area contributed by atoms with Crippen molar-refractivity contribution in [1.29, 1.82) is 5.26 Å². The number of nitriles is 1. The molecule has 0 atom stereocenters. The molecule has 0 radical (unpaired) electrons. The van der Waals surface area contributed by atoms with Crippen molar-refractivity contribution in [1.82, 2.24) is 0 Å². The van der Waals surface area contributed by atoms with Gasteiger partial charge in [0, 0.05) is 0 Å². The van der Waals surface area contributed by atoms with Gasteiger partial charge >= 0.3 is 5.97 Å². The number of carboxylic acids is 1. The van der Waals surface area contributed by atoms with Crippen molar-refractivity contribution in [2.45, 2.75) is 17.7 Å². The molecule has 0 heterocycles. The van der Waals surface area contributed by atoms with Crippen LogP contribution in [0.2, 0.25) is 0 Å². The van der Waals surface area contributed by atoms with Gasteiger partial charge in [0.15, 0.2) is 0 Å². The molecule has 29 heavy (non-hydrogen) atoms. The number of aryl methyl sites for hydroxylation is 2. The molecule has 0 saturated carbocycles. The van der Waals surface area contributed by atoms with Crippen molar-refractivity contribution in [3.8, 4) is 6.07 Å². The number of hydrogen-bond acceptors (Lipinski definition) is 4. The molecule has 0 bridgehead atoms. The zero-order valence-electron chi connectivity index (χ0n) is 15.4. The second-order valence-electron chi connectivity index (χ2n) is 6.37. The normalized spacial score (nSPS) is 10.9. The minimum Gasteiger partial charge on any atom is -0.478 e. The summed E-state index contributed by atoms with van der Waals surface area (Å²) < 4.78 is 28.2. The first-order valence-electron chi connectivity index (χ1n) is 8.83. The Balaban J connectivity index is 1.80. The van der Waals surface area contributed by atoms with Gasteiger partial charge in [0.2, 0.25) is 0 Å². The lowest BCUT2D eigenvalue weighted by Crippen LogP contribution is -2.15. The molecule has 6 nitrogen and oxygen atoms in total. The van der Waals surface area contributed by atoms with E-state index in [0.717, 1.165) is 11.1 Å². The minimum absolute atomic E-state index is 0.0680. The summed E-state index contributed by atoms with van der Waals surface area (Å²) in [6.45, 7) is 0. The highest BCUT2D eigenvalue weighted by Crippen LogP contribution is 2.23. The molecule has 0 spiro atoms. The third-order valence-electron chi connectivity index (χ3n) is 4.44. The second kappa shape index (κ2) is 8.59. The first-order valence-corrected chi connectivity index (χ1v) is 10.3. The molecule has 2 N–H and O–H groups in total. The maximum atomic E-state index is 12.8. The van der Waals surface area contributed by atoms with Crippen LogP contribution in [0.1, 0.15) is 27.0 Å². The number of para-hydroxylation sites is 1. The van der Waals surface area contributed by atoms with Crippen LogP contribution in [0.3, 0.4) is 0 Å². The molecule has 0 aliphatic rings. The molecule has 0 aromatic heterocycles. The average molecular weight is 406 g/mol. The summed E-state index contributed by atoms with van der Waals surface area (Å²) in [6.07, 6.45) is 1.18. The van der Waals surface area contributed by atoms with Crippen LogP contribution >= 0.6 is 0 Å². The Bertz CT molecular complexity index is 1180. The fourth-order valence-electron chi connectivity index (χ4n) is 2.92. The smallest absolute Gasteiger partial charge is 0.335 e. The number of carboxylic acid groups (broad SMARTS) is 1. The Hall–Kier alpha value is -3.63. The zero-order chi connectivity index (χ0) is 20.9. The largest absolute Gasteiger partial charge is 0.478 e. The van der Waals surface area contributed by atoms with E-state index >= 15 is 0 Å². The topological polar surface area (TPSA) is 107 Å². The molecule has 0 aliphatic carbocycles. The highest BCUT2D eigenvalue weighted by atomic mass is 32.2. The Morgan fingerprint density at radius 2 is 1.59 bits per heavy atom. The van der Waals surface area contributed by atoms with E-state index in [1.807, 2.05) is 18.2 Å². The standard InChI is InChI=1S/C22H18N2O4S/c23-15-19-6-2-4-8-21(19)29(27,28)24-20-7-3-1-5-17(20)12-9-16-10-13-18(14-11-16)22(25)26/h1-8,10-11,13-14,24H,9,12H2,(H,25,26). The van der Waals surface area contributed by atoms with Crippen molar-refractivity contribution < 1.29 is 18.3 Å². The maximum absolute atomic E-state index is 12.8. The summed E-state index contributed by atoms with van der Waals surface area (Å²) in [5.41, 5.74) is 2.49. The molecule has 0 saturated heterocycles. The summed E-state index contributed by atoms with van der Waals surface area (Å²) in [4.78, 5) is 10.9. The molecule has 0 amide bonds. The van der Waals surface area contributed by atoms with Gasteiger partial charge < -0.3 is 5.11 Å². The van der Waals surface area contributed by atoms with E-state index in [1.54, 1.807) is 48.5 Å². The molecule has 3 aromatic carbocycles. The van der Waals surface area contributed by atoms with Gasteiger partial charge in [-0.15, -0.1) is 0 Å². The predicted molar refractivity (Wildman–Crippen MR) is 109 cm³/mol. The van der Waals surface area contributed by atoms with Gasteiger partial charge in [0.1, 0.15) is 11.0 Å². The van der Waals surface area contributed by atoms with Crippen LogP contribution in [-0.4, -0.2) is 19.5 Å². The number of hydrogen-bond donors (Lipinski definition) is 2. The van der Waals surface area contributed by atoms with Crippen LogP contribution in [0.4, 0.5) is 5.69 Å². The molecular weight excluding hydrogens is 388 g/mol. The van der Waals surface area contributed by atoms with Gasteiger partial charge in [-0.1, -0.05) is 42.5 Å². The van der Waals surface area contributed by atoms with Gasteiger partial charge in [-0.25, -0.2) is 13.2 Å². The SMILES string of the molecule is N#Cc1ccccc1S(=O)(=O)Nc1ccccc1CCc1ccc(C(=O)O)cc1. The number of anilines is 1. The van der Waals surface area contributed by atoms with Crippen LogP contribution < -0.4 is 4.72 Å². The summed E-state index contributed by atoms with van der Waals surface area (Å²) in [5.74, 6) is -0.978. The molecule has 3 aromatic rings. The number of carbonyl (C=O) groups is 1. The Labute approximate surface area is 169 Å². The van der Waals surface area contributed by atoms with Crippen LogP contribution in [0.25, 0.3) is 0 Å². The highest BCUT2D eigenvalue weighted by molar-refractivity contribution is 7.92. The second-order valence-corrected chi connectivity index (χ2v) is 8.02. The van der Waals surface area contributed by atoms with Gasteiger partial charge in [-0.2, -0.15) is 5.26 Å². The molecular formula is C22H18N2O4S. The fourth-order valence-corrected chi connectivity index (χ4v) is 4.18. The van der Waals surface area contributed by atoms with Crippen LogP contribution in [-0.2, 0) is 22.9 Å². The van der Waals surface area contributed by atoms with E-state index in [9.17, 15) is 18.5 Å². The number of nitrogens with zero attached hydrogens (tertiary/aromatic N) is 1. The van der Waals surface area contributed by atoms with Gasteiger partial charge in [-0.05, 0) is 54.3 Å². The third kappa shape index (κ3) is 4.81. The summed E-state index contributed by atoms with van der Waals surface area (Å²) >= 11 is 0. The van der Waals surface area contributed by atoms with Crippen molar-refractivity contribution in [2.75, 3.05) is 4.72 Å². The van der Waals surface area contributed by atoms with E-state index in [4.69, 9.17) is 5.11 Å². The quantitative estimate of drug-likeness (QED) is 0.620. The van der Waals surface area contributed by atoms with Gasteiger partial charge in [0.25, 0.3) is 10.0 Å². The molecule has 0 unspecified atom stereocenters. The number of rotatable bonds is 7. The molecule has 146 valence electrons. The third-order valence-corrected chi connectivity index (χ3v) is 5.87. The summed E-state index contributed by atoms with van der Waals surface area (Å²) in [5, 5.41) is 18.2. The summed E-state index contributed by atoms with van der Waals surface area (Å²) in [7, 11) is -3.91. The van der Waals surface area contributed by atoms with Crippen molar-refractivity contribution >= 4 is 21.7 Å². The Morgan fingerprint density at radius 1 is 0.931 bits per heavy atom. The Morgan fingerprint density at radius 3 is 2.28 bits per heavy atom. The molecule has 0 fully saturated rings. The van der Waals surface area contributed by atoms with Crippen LogP contribution in [0, 0.1) is 11.3 Å². The lowest BCUT2D eigenvalue weighted by molar-refractivity contribution is 0.0697. The molecule has 0 aliphatic heterocycles. The first kappa shape index (κ1) is 20.1. The van der Waals surface area contributed by atoms with E-state index in [1.165, 1.54) is 12.1 Å². The van der Waals surface area contributed by atoms with E-state index in [-0.39, 0.29) is 16.0 Å². The van der Waals surface area contributed by atoms with Crippen molar-refractivity contribution in [2.24, 2.45) is 0 Å².